The summed E-state index contributed by atoms with van der Waals surface area (Å²) < 4.78 is 20.4. The molecule has 488 valence electrons. The van der Waals surface area contributed by atoms with E-state index in [9.17, 15) is 95.8 Å². The average Bonchev–Trinajstić information content (AvgIpc) is 2.48. The Bertz CT molecular complexity index is 1900. The summed E-state index contributed by atoms with van der Waals surface area (Å²) in [5.41, 5.74) is 0. The van der Waals surface area contributed by atoms with Crippen molar-refractivity contribution < 1.29 is 120 Å². The lowest BCUT2D eigenvalue weighted by Crippen LogP contribution is -2.64. The van der Waals surface area contributed by atoms with Crippen LogP contribution in [0.5, 0.6) is 0 Å². The second-order valence-electron chi connectivity index (χ2n) is 26.5. The summed E-state index contributed by atoms with van der Waals surface area (Å²) >= 11 is 0. The fourth-order valence-corrected chi connectivity index (χ4v) is 12.7. The van der Waals surface area contributed by atoms with Gasteiger partial charge in [0.1, 0.15) is 73.2 Å². The van der Waals surface area contributed by atoms with E-state index in [1.165, 1.54) is 19.6 Å². The number of aliphatic hydroxyl groups is 16. The van der Waals surface area contributed by atoms with E-state index in [2.05, 4.69) is 55.4 Å². The molecule has 28 heteroatoms. The van der Waals surface area contributed by atoms with Gasteiger partial charge in [-0.05, 0) is 73.0 Å². The monoisotopic (exact) mass is 1210 g/mol. The van der Waals surface area contributed by atoms with E-state index in [4.69, 9.17) is 24.1 Å². The first-order chi connectivity index (χ1) is 38.9. The van der Waals surface area contributed by atoms with Crippen molar-refractivity contribution in [3.8, 4) is 0 Å². The molecule has 8 fully saturated rings. The second kappa shape index (κ2) is 30.1. The minimum absolute atomic E-state index is 0.0909. The van der Waals surface area contributed by atoms with Gasteiger partial charge in [-0.15, -0.1) is 0 Å². The molecule has 0 aliphatic carbocycles. The Balaban J connectivity index is 0.000000205. The molecule has 0 spiro atoms. The van der Waals surface area contributed by atoms with Crippen molar-refractivity contribution in [3.05, 3.63) is 0 Å². The molecule has 0 bridgehead atoms. The Labute approximate surface area is 491 Å². The van der Waals surface area contributed by atoms with Gasteiger partial charge < -0.3 is 120 Å². The number of aliphatic hydroxyl groups excluding tert-OH is 12. The summed E-state index contributed by atoms with van der Waals surface area (Å²) in [6.07, 6.45) is -11.8. The van der Waals surface area contributed by atoms with Crippen molar-refractivity contribution in [2.75, 3.05) is 78.8 Å². The van der Waals surface area contributed by atoms with E-state index in [1.807, 2.05) is 0 Å². The number of nitrogens with zero attached hydrogens (tertiary/aromatic N) is 4. The molecule has 0 aromatic rings. The van der Waals surface area contributed by atoms with Crippen LogP contribution >= 0.6 is 0 Å². The zero-order valence-corrected chi connectivity index (χ0v) is 49.9. The van der Waals surface area contributed by atoms with Gasteiger partial charge in [0.05, 0.1) is 52.6 Å². The first kappa shape index (κ1) is 71.8. The zero-order valence-electron chi connectivity index (χ0n) is 49.9. The fraction of sp³-hybridized carbons (Fsp3) is 0.929. The molecule has 8 aliphatic rings. The third-order valence-electron chi connectivity index (χ3n) is 16.8. The number of hydrogen-bond donors (Lipinski definition) is 16. The Morgan fingerprint density at radius 1 is 0.393 bits per heavy atom. The number of ether oxygens (including phenoxy) is 4. The smallest absolute Gasteiger partial charge is 0.223 e. The summed E-state index contributed by atoms with van der Waals surface area (Å²) in [4.78, 5) is 53.8. The van der Waals surface area contributed by atoms with E-state index in [1.54, 1.807) is 0 Å². The molecule has 8 aliphatic heterocycles. The van der Waals surface area contributed by atoms with Crippen LogP contribution in [0, 0.1) is 47.3 Å². The maximum Gasteiger partial charge on any atom is 0.223 e. The van der Waals surface area contributed by atoms with Crippen LogP contribution < -0.4 is 0 Å². The quantitative estimate of drug-likeness (QED) is 0.0647. The van der Waals surface area contributed by atoms with Gasteiger partial charge in [0, 0.05) is 51.9 Å². The molecule has 0 radical (unpaired) electrons. The second-order valence-corrected chi connectivity index (χ2v) is 26.5. The van der Waals surface area contributed by atoms with Gasteiger partial charge in [-0.1, -0.05) is 55.4 Å². The molecular weight excluding hydrogens is 1110 g/mol. The molecule has 0 saturated carbocycles. The molecule has 28 nitrogen and oxygen atoms in total. The summed E-state index contributed by atoms with van der Waals surface area (Å²) in [6.45, 7) is 16.6. The van der Waals surface area contributed by atoms with Crippen molar-refractivity contribution in [2.24, 2.45) is 47.3 Å². The summed E-state index contributed by atoms with van der Waals surface area (Å²) in [5.74, 6) is -5.64. The molecule has 0 aromatic carbocycles. The van der Waals surface area contributed by atoms with Crippen molar-refractivity contribution >= 4 is 23.6 Å². The number of rotatable bonds is 17. The highest BCUT2D eigenvalue weighted by atomic mass is 16.7. The van der Waals surface area contributed by atoms with Gasteiger partial charge in [-0.3, -0.25) is 19.2 Å². The SMILES string of the molecule is CC(C)C[C@@H]1CC(=O)N(CC2(O)OC(CO)C(O)C2O)C1.CC(C)C[C@@H]1CC(=O)N(C[C@@]2(O)OC[C@@H](O)[C@H](O)[C@@H]2O)C1.CC(C)C[C@@H]1CC(=O)N(C[C@]2(O)OC[C@@H](O)[C@@H](O)[C@@H]2O)C1.CC(C)C[C@@H]1CC(=O)N(C[C@]2(O)OC[C@@H](O)[C@H](O)[C@@H]2O)C1. The third kappa shape index (κ3) is 18.4. The van der Waals surface area contributed by atoms with Gasteiger partial charge in [0.25, 0.3) is 0 Å². The van der Waals surface area contributed by atoms with Crippen LogP contribution in [-0.2, 0) is 38.1 Å². The fourth-order valence-electron chi connectivity index (χ4n) is 12.7. The first-order valence-electron chi connectivity index (χ1n) is 29.6. The standard InChI is InChI=1S/4C14H25NO6/c3*1-8(2)3-9-4-11(17)15(5-9)7-14(20)13(19)12(18)10(16)6-21-14;1-8(2)3-9-4-11(17)15(5-9)7-14(20)13(19)12(18)10(6-16)21-14/h4*8-10,12-13,16,18-20H,3-7H2,1-2H3/t9-,10-,12+,13+,14+;9-,10-,12+,13+,14-;9-,10-,12-,13+,14+;9-,10?,12?,13?,14?/m1111/s1. The van der Waals surface area contributed by atoms with Gasteiger partial charge in [-0.25, -0.2) is 0 Å². The van der Waals surface area contributed by atoms with E-state index in [0.717, 1.165) is 25.7 Å². The van der Waals surface area contributed by atoms with E-state index in [0.29, 0.717) is 75.5 Å². The topological polar surface area (TPSA) is 442 Å². The minimum Gasteiger partial charge on any atom is -0.394 e. The zero-order chi connectivity index (χ0) is 63.1. The maximum atomic E-state index is 12.0. The lowest BCUT2D eigenvalue weighted by molar-refractivity contribution is -0.323. The highest BCUT2D eigenvalue weighted by Gasteiger charge is 2.56. The lowest BCUT2D eigenvalue weighted by Gasteiger charge is -2.43. The molecule has 84 heavy (non-hydrogen) atoms. The van der Waals surface area contributed by atoms with Crippen molar-refractivity contribution in [2.45, 2.75) is 203 Å². The Hall–Kier alpha value is -2.92. The van der Waals surface area contributed by atoms with Crippen molar-refractivity contribution in [1.82, 2.24) is 19.6 Å². The van der Waals surface area contributed by atoms with E-state index in [-0.39, 0.29) is 93.3 Å². The molecule has 8 saturated heterocycles. The predicted octanol–water partition coefficient (Wildman–Crippen LogP) is -5.27. The largest absolute Gasteiger partial charge is 0.394 e. The number of likely N-dealkylation sites (tertiary alicyclic amines) is 4. The molecule has 20 atom stereocenters. The van der Waals surface area contributed by atoms with Gasteiger partial charge in [-0.2, -0.15) is 0 Å². The molecule has 4 unspecified atom stereocenters. The van der Waals surface area contributed by atoms with Gasteiger partial charge in [0.2, 0.25) is 46.8 Å². The first-order valence-corrected chi connectivity index (χ1v) is 29.6. The molecule has 8 heterocycles. The maximum absolute atomic E-state index is 12.0. The van der Waals surface area contributed by atoms with Crippen molar-refractivity contribution in [3.63, 3.8) is 0 Å². The highest BCUT2D eigenvalue weighted by molar-refractivity contribution is 5.80. The third-order valence-corrected chi connectivity index (χ3v) is 16.8. The molecule has 0 aromatic heterocycles. The normalized spacial score (nSPS) is 41.0. The van der Waals surface area contributed by atoms with Crippen LogP contribution in [0.4, 0.5) is 0 Å². The number of carbonyl (C=O) groups is 4. The van der Waals surface area contributed by atoms with Crippen LogP contribution in [0.3, 0.4) is 0 Å². The molecule has 8 rings (SSSR count). The van der Waals surface area contributed by atoms with Crippen LogP contribution in [0.15, 0.2) is 0 Å². The van der Waals surface area contributed by atoms with Gasteiger partial charge >= 0.3 is 0 Å². The summed E-state index contributed by atoms with van der Waals surface area (Å²) in [6, 6.07) is 0. The predicted molar refractivity (Wildman–Crippen MR) is 292 cm³/mol. The van der Waals surface area contributed by atoms with Crippen LogP contribution in [0.25, 0.3) is 0 Å². The van der Waals surface area contributed by atoms with Crippen molar-refractivity contribution in [1.29, 1.82) is 0 Å². The Kier molecular flexibility index (Phi) is 25.7. The van der Waals surface area contributed by atoms with Crippen LogP contribution in [0.2, 0.25) is 0 Å². The van der Waals surface area contributed by atoms with E-state index < -0.39 is 103 Å². The lowest BCUT2D eigenvalue weighted by atomic mass is 9.96. The highest BCUT2D eigenvalue weighted by Crippen LogP contribution is 2.36. The Morgan fingerprint density at radius 2 is 0.619 bits per heavy atom. The Morgan fingerprint density at radius 3 is 0.833 bits per heavy atom. The minimum atomic E-state index is -2.04. The molecule has 4 amide bonds. The molecule has 16 N–H and O–H groups in total. The van der Waals surface area contributed by atoms with E-state index >= 15 is 0 Å². The van der Waals surface area contributed by atoms with Crippen LogP contribution in [-0.4, -0.2) is 300 Å². The van der Waals surface area contributed by atoms with Crippen LogP contribution in [0.1, 0.15) is 107 Å². The number of amides is 4. The van der Waals surface area contributed by atoms with Gasteiger partial charge in [0.15, 0.2) is 0 Å². The molecular formula is C56H100N4O24. The number of carbonyl (C=O) groups excluding carboxylic acids is 4. The number of hydrogen-bond acceptors (Lipinski definition) is 24. The summed E-state index contributed by atoms with van der Waals surface area (Å²) in [7, 11) is 0. The number of β-amino-alcohol motifs (C(OH)–C–C–N with tert-alkyl or cyclic N) is 4. The summed E-state index contributed by atoms with van der Waals surface area (Å²) in [5, 5.41) is 157. The average molecular weight is 1210 g/mol.